The zero-order chi connectivity index (χ0) is 10.7. The zero-order valence-electron chi connectivity index (χ0n) is 9.58. The minimum atomic E-state index is 0.583. The summed E-state index contributed by atoms with van der Waals surface area (Å²) in [6.07, 6.45) is 4.88. The van der Waals surface area contributed by atoms with Crippen LogP contribution in [0.2, 0.25) is 0 Å². The van der Waals surface area contributed by atoms with E-state index in [0.717, 1.165) is 30.2 Å². The summed E-state index contributed by atoms with van der Waals surface area (Å²) in [6.45, 7) is 5.22. The van der Waals surface area contributed by atoms with Gasteiger partial charge in [-0.2, -0.15) is 0 Å². The summed E-state index contributed by atoms with van der Waals surface area (Å²) in [5, 5.41) is 3.53. The molecule has 1 aliphatic heterocycles. The molecule has 3 heteroatoms. The first-order valence-electron chi connectivity index (χ1n) is 5.78. The third kappa shape index (κ3) is 2.99. The lowest BCUT2D eigenvalue weighted by Gasteiger charge is -2.22. The number of piperidine rings is 1. The summed E-state index contributed by atoms with van der Waals surface area (Å²) in [4.78, 5) is 8.95. The van der Waals surface area contributed by atoms with Gasteiger partial charge in [-0.1, -0.05) is 6.42 Å². The quantitative estimate of drug-likeness (QED) is 0.799. The average molecular weight is 205 g/mol. The van der Waals surface area contributed by atoms with Gasteiger partial charge < -0.3 is 5.32 Å². The Hall–Kier alpha value is -0.960. The molecule has 1 aromatic heterocycles. The Bertz CT molecular complexity index is 309. The molecule has 2 rings (SSSR count). The number of nitrogens with one attached hydrogen (secondary N) is 1. The zero-order valence-corrected chi connectivity index (χ0v) is 9.58. The van der Waals surface area contributed by atoms with E-state index in [4.69, 9.17) is 0 Å². The average Bonchev–Trinajstić information content (AvgIpc) is 2.17. The molecule has 15 heavy (non-hydrogen) atoms. The Labute approximate surface area is 91.3 Å². The van der Waals surface area contributed by atoms with Crippen molar-refractivity contribution in [3.8, 4) is 0 Å². The highest BCUT2D eigenvalue weighted by Crippen LogP contribution is 2.11. The summed E-state index contributed by atoms with van der Waals surface area (Å²) in [7, 11) is 0. The maximum absolute atomic E-state index is 4.48. The first-order valence-corrected chi connectivity index (χ1v) is 5.78. The third-order valence-electron chi connectivity index (χ3n) is 2.87. The number of hydrogen-bond donors (Lipinski definition) is 1. The normalized spacial score (nSPS) is 21.6. The first-order chi connectivity index (χ1) is 7.24. The molecule has 0 saturated carbocycles. The summed E-state index contributed by atoms with van der Waals surface area (Å²) in [6, 6.07) is 2.61. The second-order valence-corrected chi connectivity index (χ2v) is 4.42. The van der Waals surface area contributed by atoms with Gasteiger partial charge in [-0.05, 0) is 39.3 Å². The van der Waals surface area contributed by atoms with E-state index in [-0.39, 0.29) is 0 Å². The molecule has 82 valence electrons. The van der Waals surface area contributed by atoms with E-state index in [9.17, 15) is 0 Å². The van der Waals surface area contributed by atoms with Crippen LogP contribution in [0.4, 0.5) is 0 Å². The van der Waals surface area contributed by atoms with Crippen molar-refractivity contribution in [3.63, 3.8) is 0 Å². The highest BCUT2D eigenvalue weighted by atomic mass is 14.9. The molecule has 1 atom stereocenters. The van der Waals surface area contributed by atoms with E-state index in [1.165, 1.54) is 19.3 Å². The van der Waals surface area contributed by atoms with E-state index < -0.39 is 0 Å². The number of nitrogens with zero attached hydrogens (tertiary/aromatic N) is 2. The van der Waals surface area contributed by atoms with E-state index in [0.29, 0.717) is 6.04 Å². The molecule has 0 aliphatic carbocycles. The molecule has 1 N–H and O–H groups in total. The van der Waals surface area contributed by atoms with Crippen LogP contribution in [0.1, 0.15) is 36.5 Å². The fourth-order valence-corrected chi connectivity index (χ4v) is 2.21. The van der Waals surface area contributed by atoms with E-state index in [1.807, 2.05) is 19.9 Å². The van der Waals surface area contributed by atoms with Crippen molar-refractivity contribution in [1.29, 1.82) is 0 Å². The van der Waals surface area contributed by atoms with Crippen LogP contribution < -0.4 is 5.32 Å². The van der Waals surface area contributed by atoms with Gasteiger partial charge in [-0.25, -0.2) is 9.97 Å². The topological polar surface area (TPSA) is 37.8 Å². The predicted octanol–water partition coefficient (Wildman–Crippen LogP) is 1.78. The Morgan fingerprint density at radius 1 is 1.27 bits per heavy atom. The number of aryl methyl sites for hydroxylation is 2. The highest BCUT2D eigenvalue weighted by Gasteiger charge is 2.14. The molecule has 0 spiro atoms. The van der Waals surface area contributed by atoms with Gasteiger partial charge in [-0.15, -0.1) is 0 Å². The SMILES string of the molecule is Cc1cc(C)nc(CC2CCCCN2)n1. The molecule has 0 aromatic carbocycles. The van der Waals surface area contributed by atoms with Gasteiger partial charge >= 0.3 is 0 Å². The smallest absolute Gasteiger partial charge is 0.130 e. The van der Waals surface area contributed by atoms with Crippen LogP contribution in [0.5, 0.6) is 0 Å². The predicted molar refractivity (Wildman–Crippen MR) is 60.9 cm³/mol. The Morgan fingerprint density at radius 2 is 2.00 bits per heavy atom. The second kappa shape index (κ2) is 4.71. The maximum atomic E-state index is 4.48. The lowest BCUT2D eigenvalue weighted by atomic mass is 10.0. The van der Waals surface area contributed by atoms with Crippen molar-refractivity contribution in [2.45, 2.75) is 45.6 Å². The van der Waals surface area contributed by atoms with Crippen molar-refractivity contribution in [3.05, 3.63) is 23.3 Å². The Balaban J connectivity index is 2.02. The molecule has 1 aliphatic rings. The van der Waals surface area contributed by atoms with Gasteiger partial charge in [0.2, 0.25) is 0 Å². The van der Waals surface area contributed by atoms with Crippen LogP contribution in [0, 0.1) is 13.8 Å². The fourth-order valence-electron chi connectivity index (χ4n) is 2.21. The van der Waals surface area contributed by atoms with Crippen molar-refractivity contribution >= 4 is 0 Å². The van der Waals surface area contributed by atoms with Crippen LogP contribution in [-0.4, -0.2) is 22.6 Å². The van der Waals surface area contributed by atoms with Crippen molar-refractivity contribution in [2.24, 2.45) is 0 Å². The Morgan fingerprint density at radius 3 is 2.60 bits per heavy atom. The number of aromatic nitrogens is 2. The highest BCUT2D eigenvalue weighted by molar-refractivity contribution is 5.09. The van der Waals surface area contributed by atoms with E-state index >= 15 is 0 Å². The van der Waals surface area contributed by atoms with E-state index in [2.05, 4.69) is 15.3 Å². The van der Waals surface area contributed by atoms with Crippen LogP contribution in [0.25, 0.3) is 0 Å². The minimum absolute atomic E-state index is 0.583. The van der Waals surface area contributed by atoms with Crippen LogP contribution in [0.15, 0.2) is 6.07 Å². The van der Waals surface area contributed by atoms with Gasteiger partial charge in [0.15, 0.2) is 0 Å². The van der Waals surface area contributed by atoms with Gasteiger partial charge in [0.1, 0.15) is 5.82 Å². The molecule has 3 nitrogen and oxygen atoms in total. The fraction of sp³-hybridized carbons (Fsp3) is 0.667. The van der Waals surface area contributed by atoms with Gasteiger partial charge in [0.25, 0.3) is 0 Å². The largest absolute Gasteiger partial charge is 0.314 e. The number of rotatable bonds is 2. The molecule has 1 aromatic rings. The standard InChI is InChI=1S/C12H19N3/c1-9-7-10(2)15-12(14-9)8-11-5-3-4-6-13-11/h7,11,13H,3-6,8H2,1-2H3. The van der Waals surface area contributed by atoms with Crippen LogP contribution in [-0.2, 0) is 6.42 Å². The van der Waals surface area contributed by atoms with Gasteiger partial charge in [-0.3, -0.25) is 0 Å². The third-order valence-corrected chi connectivity index (χ3v) is 2.87. The lowest BCUT2D eigenvalue weighted by Crippen LogP contribution is -2.36. The molecule has 0 radical (unpaired) electrons. The van der Waals surface area contributed by atoms with Gasteiger partial charge in [0, 0.05) is 23.9 Å². The molecule has 1 saturated heterocycles. The van der Waals surface area contributed by atoms with Crippen LogP contribution in [0.3, 0.4) is 0 Å². The van der Waals surface area contributed by atoms with Crippen LogP contribution >= 0.6 is 0 Å². The molecule has 2 heterocycles. The second-order valence-electron chi connectivity index (χ2n) is 4.42. The van der Waals surface area contributed by atoms with Crippen molar-refractivity contribution in [1.82, 2.24) is 15.3 Å². The molecule has 0 amide bonds. The minimum Gasteiger partial charge on any atom is -0.314 e. The summed E-state index contributed by atoms with van der Waals surface area (Å²) >= 11 is 0. The summed E-state index contributed by atoms with van der Waals surface area (Å²) in [5.74, 6) is 0.993. The molecule has 1 unspecified atom stereocenters. The number of hydrogen-bond acceptors (Lipinski definition) is 3. The molecular weight excluding hydrogens is 186 g/mol. The molecule has 0 bridgehead atoms. The maximum Gasteiger partial charge on any atom is 0.130 e. The monoisotopic (exact) mass is 205 g/mol. The van der Waals surface area contributed by atoms with Gasteiger partial charge in [0.05, 0.1) is 0 Å². The van der Waals surface area contributed by atoms with E-state index in [1.54, 1.807) is 0 Å². The van der Waals surface area contributed by atoms with Crippen molar-refractivity contribution < 1.29 is 0 Å². The summed E-state index contributed by atoms with van der Waals surface area (Å²) in [5.41, 5.74) is 2.15. The summed E-state index contributed by atoms with van der Waals surface area (Å²) < 4.78 is 0. The Kier molecular flexibility index (Phi) is 3.31. The lowest BCUT2D eigenvalue weighted by molar-refractivity contribution is 0.394. The molecule has 1 fully saturated rings. The molecular formula is C12H19N3. The van der Waals surface area contributed by atoms with Crippen molar-refractivity contribution in [2.75, 3.05) is 6.54 Å². The first kappa shape index (κ1) is 10.6.